The number of carboxylic acid groups (broad SMARTS) is 1. The molecule has 3 N–H and O–H groups in total. The Kier molecular flexibility index (Phi) is 5.42. The molecule has 1 atom stereocenters. The van der Waals surface area contributed by atoms with Gasteiger partial charge in [0.2, 0.25) is 0 Å². The van der Waals surface area contributed by atoms with E-state index < -0.39 is 35.2 Å². The van der Waals surface area contributed by atoms with Crippen LogP contribution in [0.15, 0.2) is 18.2 Å². The van der Waals surface area contributed by atoms with Crippen molar-refractivity contribution in [2.24, 2.45) is 11.8 Å². The van der Waals surface area contributed by atoms with Crippen LogP contribution in [-0.4, -0.2) is 23.7 Å². The number of hydrogen-bond acceptors (Lipinski definition) is 2. The number of carboxylic acids is 1. The molecule has 0 radical (unpaired) electrons. The first-order valence-electron chi connectivity index (χ1n) is 6.04. The van der Waals surface area contributed by atoms with Crippen LogP contribution in [0.5, 0.6) is 0 Å². The molecule has 0 aliphatic rings. The lowest BCUT2D eigenvalue weighted by Gasteiger charge is -2.17. The summed E-state index contributed by atoms with van der Waals surface area (Å²) in [4.78, 5) is 22.4. The maximum atomic E-state index is 13.3. The molecule has 1 aromatic carbocycles. The van der Waals surface area contributed by atoms with Crippen LogP contribution >= 0.6 is 0 Å². The molecule has 2 amide bonds. The van der Waals surface area contributed by atoms with Crippen LogP contribution in [0.3, 0.4) is 0 Å². The highest BCUT2D eigenvalue weighted by Gasteiger charge is 2.22. The van der Waals surface area contributed by atoms with Crippen molar-refractivity contribution >= 4 is 17.7 Å². The van der Waals surface area contributed by atoms with Crippen molar-refractivity contribution < 1.29 is 23.5 Å². The van der Waals surface area contributed by atoms with Gasteiger partial charge in [0.25, 0.3) is 0 Å². The molecular weight excluding hydrogens is 270 g/mol. The molecule has 0 fully saturated rings. The predicted molar refractivity (Wildman–Crippen MR) is 69.3 cm³/mol. The number of nitrogens with one attached hydrogen (secondary N) is 2. The summed E-state index contributed by atoms with van der Waals surface area (Å²) in [7, 11) is 0. The number of benzene rings is 1. The van der Waals surface area contributed by atoms with E-state index in [1.54, 1.807) is 13.8 Å². The fraction of sp³-hybridized carbons (Fsp3) is 0.385. The van der Waals surface area contributed by atoms with Gasteiger partial charge < -0.3 is 15.7 Å². The summed E-state index contributed by atoms with van der Waals surface area (Å²) in [5.41, 5.74) is -0.568. The lowest BCUT2D eigenvalue weighted by atomic mass is 9.96. The third-order valence-electron chi connectivity index (χ3n) is 2.81. The molecule has 5 nitrogen and oxygen atoms in total. The molecule has 1 aromatic rings. The SMILES string of the molecule is CC(C)C(CNC(=O)Nc1c(F)cccc1F)C(=O)O. The first-order chi connectivity index (χ1) is 9.32. The molecule has 0 spiro atoms. The Hall–Kier alpha value is -2.18. The fourth-order valence-corrected chi connectivity index (χ4v) is 1.59. The fourth-order valence-electron chi connectivity index (χ4n) is 1.59. The van der Waals surface area contributed by atoms with Gasteiger partial charge in [0.15, 0.2) is 0 Å². The summed E-state index contributed by atoms with van der Waals surface area (Å²) >= 11 is 0. The Morgan fingerprint density at radius 2 is 1.80 bits per heavy atom. The molecule has 0 aliphatic carbocycles. The van der Waals surface area contributed by atoms with E-state index in [1.165, 1.54) is 6.07 Å². The van der Waals surface area contributed by atoms with Gasteiger partial charge >= 0.3 is 12.0 Å². The predicted octanol–water partition coefficient (Wildman–Crippen LogP) is 2.44. The van der Waals surface area contributed by atoms with E-state index >= 15 is 0 Å². The van der Waals surface area contributed by atoms with Crippen molar-refractivity contribution in [2.75, 3.05) is 11.9 Å². The number of carbonyl (C=O) groups is 2. The van der Waals surface area contributed by atoms with Crippen molar-refractivity contribution in [3.63, 3.8) is 0 Å². The zero-order valence-corrected chi connectivity index (χ0v) is 11.1. The highest BCUT2D eigenvalue weighted by Crippen LogP contribution is 2.17. The molecule has 7 heteroatoms. The Labute approximate surface area is 115 Å². The van der Waals surface area contributed by atoms with Crippen LogP contribution in [0.4, 0.5) is 19.3 Å². The Morgan fingerprint density at radius 3 is 2.25 bits per heavy atom. The second-order valence-electron chi connectivity index (χ2n) is 4.62. The van der Waals surface area contributed by atoms with Gasteiger partial charge in [0, 0.05) is 6.54 Å². The number of halogens is 2. The van der Waals surface area contributed by atoms with Crippen LogP contribution in [0.1, 0.15) is 13.8 Å². The van der Waals surface area contributed by atoms with Crippen LogP contribution in [0.2, 0.25) is 0 Å². The molecular formula is C13H16F2N2O3. The van der Waals surface area contributed by atoms with Gasteiger partial charge in [-0.1, -0.05) is 19.9 Å². The average molecular weight is 286 g/mol. The highest BCUT2D eigenvalue weighted by molar-refractivity contribution is 5.89. The van der Waals surface area contributed by atoms with Gasteiger partial charge in [-0.15, -0.1) is 0 Å². The Bertz CT molecular complexity index is 486. The zero-order chi connectivity index (χ0) is 15.3. The summed E-state index contributed by atoms with van der Waals surface area (Å²) < 4.78 is 26.6. The number of hydrogen-bond donors (Lipinski definition) is 3. The Balaban J connectivity index is 2.62. The molecule has 0 saturated heterocycles. The third kappa shape index (κ3) is 4.18. The van der Waals surface area contributed by atoms with Gasteiger partial charge in [0.05, 0.1) is 5.92 Å². The van der Waals surface area contributed by atoms with E-state index in [0.29, 0.717) is 0 Å². The minimum Gasteiger partial charge on any atom is -0.481 e. The van der Waals surface area contributed by atoms with E-state index in [4.69, 9.17) is 5.11 Å². The van der Waals surface area contributed by atoms with Gasteiger partial charge in [-0.2, -0.15) is 0 Å². The number of urea groups is 1. The summed E-state index contributed by atoms with van der Waals surface area (Å²) in [6.07, 6.45) is 0. The van der Waals surface area contributed by atoms with E-state index in [2.05, 4.69) is 5.32 Å². The number of amides is 2. The van der Waals surface area contributed by atoms with E-state index in [9.17, 15) is 18.4 Å². The molecule has 110 valence electrons. The number of aliphatic carboxylic acids is 1. The topological polar surface area (TPSA) is 78.4 Å². The van der Waals surface area contributed by atoms with Crippen LogP contribution < -0.4 is 10.6 Å². The van der Waals surface area contributed by atoms with Crippen molar-refractivity contribution in [1.29, 1.82) is 0 Å². The zero-order valence-electron chi connectivity index (χ0n) is 11.1. The van der Waals surface area contributed by atoms with Crippen molar-refractivity contribution in [3.05, 3.63) is 29.8 Å². The monoisotopic (exact) mass is 286 g/mol. The standard InChI is InChI=1S/C13H16F2N2O3/c1-7(2)8(12(18)19)6-16-13(20)17-11-9(14)4-3-5-10(11)15/h3-5,7-8H,6H2,1-2H3,(H,18,19)(H2,16,17,20). The quantitative estimate of drug-likeness (QED) is 0.778. The number of anilines is 1. The summed E-state index contributed by atoms with van der Waals surface area (Å²) in [5, 5.41) is 13.2. The molecule has 0 aliphatic heterocycles. The van der Waals surface area contributed by atoms with E-state index in [-0.39, 0.29) is 12.5 Å². The molecule has 0 aromatic heterocycles. The maximum absolute atomic E-state index is 13.3. The van der Waals surface area contributed by atoms with Crippen LogP contribution in [-0.2, 0) is 4.79 Å². The first kappa shape index (κ1) is 15.9. The van der Waals surface area contributed by atoms with Crippen LogP contribution in [0.25, 0.3) is 0 Å². The first-order valence-corrected chi connectivity index (χ1v) is 6.04. The lowest BCUT2D eigenvalue weighted by Crippen LogP contribution is -2.38. The van der Waals surface area contributed by atoms with E-state index in [0.717, 1.165) is 12.1 Å². The van der Waals surface area contributed by atoms with Gasteiger partial charge in [-0.05, 0) is 18.1 Å². The molecule has 1 unspecified atom stereocenters. The second-order valence-corrected chi connectivity index (χ2v) is 4.62. The number of para-hydroxylation sites is 1. The summed E-state index contributed by atoms with van der Waals surface area (Å²) in [5.74, 6) is -3.81. The van der Waals surface area contributed by atoms with Gasteiger partial charge in [0.1, 0.15) is 17.3 Å². The smallest absolute Gasteiger partial charge is 0.319 e. The molecule has 0 saturated carbocycles. The number of carbonyl (C=O) groups excluding carboxylic acids is 1. The van der Waals surface area contributed by atoms with Crippen molar-refractivity contribution in [1.82, 2.24) is 5.32 Å². The number of rotatable bonds is 5. The minimum atomic E-state index is -1.04. The largest absolute Gasteiger partial charge is 0.481 e. The second kappa shape index (κ2) is 6.83. The molecule has 0 heterocycles. The lowest BCUT2D eigenvalue weighted by molar-refractivity contribution is -0.142. The van der Waals surface area contributed by atoms with Gasteiger partial charge in [-0.3, -0.25) is 4.79 Å². The highest BCUT2D eigenvalue weighted by atomic mass is 19.1. The van der Waals surface area contributed by atoms with Crippen LogP contribution in [0, 0.1) is 23.5 Å². The Morgan fingerprint density at radius 1 is 1.25 bits per heavy atom. The molecule has 20 heavy (non-hydrogen) atoms. The summed E-state index contributed by atoms with van der Waals surface area (Å²) in [6.45, 7) is 3.28. The normalized spacial score (nSPS) is 12.1. The summed E-state index contributed by atoms with van der Waals surface area (Å²) in [6, 6.07) is 2.33. The molecule has 1 rings (SSSR count). The third-order valence-corrected chi connectivity index (χ3v) is 2.81. The molecule has 0 bridgehead atoms. The average Bonchev–Trinajstić information content (AvgIpc) is 2.33. The van der Waals surface area contributed by atoms with Gasteiger partial charge in [-0.25, -0.2) is 13.6 Å². The van der Waals surface area contributed by atoms with Crippen molar-refractivity contribution in [2.45, 2.75) is 13.8 Å². The van der Waals surface area contributed by atoms with E-state index in [1.807, 2.05) is 5.32 Å². The minimum absolute atomic E-state index is 0.130. The maximum Gasteiger partial charge on any atom is 0.319 e. The van der Waals surface area contributed by atoms with Crippen molar-refractivity contribution in [3.8, 4) is 0 Å².